The van der Waals surface area contributed by atoms with Gasteiger partial charge in [-0.05, 0) is 24.2 Å². The quantitative estimate of drug-likeness (QED) is 0.607. The Labute approximate surface area is 100 Å². The van der Waals surface area contributed by atoms with Crippen LogP contribution in [0.5, 0.6) is 0 Å². The van der Waals surface area contributed by atoms with Crippen LogP contribution in [0.4, 0.5) is 0 Å². The average molecular weight is 214 g/mol. The van der Waals surface area contributed by atoms with Gasteiger partial charge in [0, 0.05) is 6.42 Å². The first-order valence-corrected chi connectivity index (χ1v) is 5.98. The van der Waals surface area contributed by atoms with Crippen LogP contribution < -0.4 is 0 Å². The van der Waals surface area contributed by atoms with E-state index in [0.29, 0.717) is 11.3 Å². The van der Waals surface area contributed by atoms with E-state index in [-0.39, 0.29) is 0 Å². The Morgan fingerprint density at radius 3 is 2.69 bits per heavy atom. The van der Waals surface area contributed by atoms with E-state index in [1.165, 1.54) is 5.57 Å². The van der Waals surface area contributed by atoms with Crippen molar-refractivity contribution in [3.63, 3.8) is 0 Å². The van der Waals surface area contributed by atoms with Gasteiger partial charge in [-0.2, -0.15) is 0 Å². The van der Waals surface area contributed by atoms with Crippen molar-refractivity contribution in [3.05, 3.63) is 36.0 Å². The van der Waals surface area contributed by atoms with E-state index in [9.17, 15) is 0 Å². The molecule has 0 aromatic rings. The lowest BCUT2D eigenvalue weighted by Gasteiger charge is -2.26. The smallest absolute Gasteiger partial charge is 0.0152 e. The largest absolute Gasteiger partial charge is 0.120 e. The minimum absolute atomic E-state index is 0.335. The first kappa shape index (κ1) is 12.8. The van der Waals surface area contributed by atoms with Crippen LogP contribution in [0.1, 0.15) is 40.0 Å². The third kappa shape index (κ3) is 4.53. The molecule has 1 unspecified atom stereocenters. The monoisotopic (exact) mass is 214 g/mol. The zero-order valence-electron chi connectivity index (χ0n) is 10.7. The van der Waals surface area contributed by atoms with Gasteiger partial charge < -0.3 is 0 Å². The number of hydrogen-bond acceptors (Lipinski definition) is 0. The van der Waals surface area contributed by atoms with E-state index < -0.39 is 0 Å². The van der Waals surface area contributed by atoms with Crippen LogP contribution in [0.3, 0.4) is 0 Å². The van der Waals surface area contributed by atoms with Crippen molar-refractivity contribution >= 4 is 0 Å². The summed E-state index contributed by atoms with van der Waals surface area (Å²) in [6, 6.07) is 0. The second-order valence-electron chi connectivity index (χ2n) is 5.63. The van der Waals surface area contributed by atoms with Crippen LogP contribution in [-0.4, -0.2) is 0 Å². The van der Waals surface area contributed by atoms with Gasteiger partial charge in [0.1, 0.15) is 0 Å². The van der Waals surface area contributed by atoms with Crippen molar-refractivity contribution in [2.45, 2.75) is 40.0 Å². The summed E-state index contributed by atoms with van der Waals surface area (Å²) in [7, 11) is 0. The standard InChI is InChI=1S/C16H22/c1-5-10-15(13-16(2,3)4)14-11-8-6-7-9-12-14/h1,6-9,11,15H,10,12-13H2,2-4H3. The molecule has 0 nitrogen and oxygen atoms in total. The van der Waals surface area contributed by atoms with E-state index >= 15 is 0 Å². The molecule has 0 fully saturated rings. The first-order valence-electron chi connectivity index (χ1n) is 5.98. The normalized spacial score (nSPS) is 17.5. The van der Waals surface area contributed by atoms with Gasteiger partial charge in [0.2, 0.25) is 0 Å². The van der Waals surface area contributed by atoms with E-state index in [1.807, 2.05) is 0 Å². The Morgan fingerprint density at radius 2 is 2.06 bits per heavy atom. The van der Waals surface area contributed by atoms with Crippen molar-refractivity contribution in [1.29, 1.82) is 0 Å². The summed E-state index contributed by atoms with van der Waals surface area (Å²) in [5, 5.41) is 0. The molecule has 1 aliphatic rings. The Bertz CT molecular complexity index is 339. The third-order valence-corrected chi connectivity index (χ3v) is 2.77. The van der Waals surface area contributed by atoms with Crippen LogP contribution >= 0.6 is 0 Å². The molecule has 1 rings (SSSR count). The third-order valence-electron chi connectivity index (χ3n) is 2.77. The molecule has 0 saturated heterocycles. The SMILES string of the molecule is C#CCC(CC(C)(C)C)C1=CC=CC=CC1. The van der Waals surface area contributed by atoms with Crippen molar-refractivity contribution in [1.82, 2.24) is 0 Å². The summed E-state index contributed by atoms with van der Waals surface area (Å²) in [5.41, 5.74) is 1.81. The van der Waals surface area contributed by atoms with E-state index in [4.69, 9.17) is 6.42 Å². The average Bonchev–Trinajstić information content (AvgIpc) is 2.43. The lowest BCUT2D eigenvalue weighted by molar-refractivity contribution is 0.318. The highest BCUT2D eigenvalue weighted by atomic mass is 14.2. The Hall–Kier alpha value is -1.22. The highest BCUT2D eigenvalue weighted by molar-refractivity contribution is 5.25. The zero-order chi connectivity index (χ0) is 12.0. The summed E-state index contributed by atoms with van der Waals surface area (Å²) in [6.07, 6.45) is 19.3. The van der Waals surface area contributed by atoms with Gasteiger partial charge in [-0.25, -0.2) is 0 Å². The maximum Gasteiger partial charge on any atom is 0.0152 e. The summed E-state index contributed by atoms with van der Waals surface area (Å²) in [4.78, 5) is 0. The molecule has 0 saturated carbocycles. The maximum absolute atomic E-state index is 5.48. The van der Waals surface area contributed by atoms with Crippen LogP contribution in [0.25, 0.3) is 0 Å². The summed E-state index contributed by atoms with van der Waals surface area (Å²) in [6.45, 7) is 6.83. The molecule has 0 aromatic heterocycles. The lowest BCUT2D eigenvalue weighted by atomic mass is 9.79. The molecule has 0 aliphatic heterocycles. The molecule has 0 aromatic carbocycles. The molecule has 1 aliphatic carbocycles. The van der Waals surface area contributed by atoms with E-state index in [2.05, 4.69) is 57.1 Å². The van der Waals surface area contributed by atoms with Gasteiger partial charge in [0.25, 0.3) is 0 Å². The Kier molecular flexibility index (Phi) is 4.62. The van der Waals surface area contributed by atoms with Crippen LogP contribution in [0.2, 0.25) is 0 Å². The second kappa shape index (κ2) is 5.75. The second-order valence-corrected chi connectivity index (χ2v) is 5.63. The first-order chi connectivity index (χ1) is 7.53. The lowest BCUT2D eigenvalue weighted by Crippen LogP contribution is -2.15. The van der Waals surface area contributed by atoms with Crippen LogP contribution in [-0.2, 0) is 0 Å². The van der Waals surface area contributed by atoms with E-state index in [1.54, 1.807) is 0 Å². The minimum atomic E-state index is 0.335. The molecule has 16 heavy (non-hydrogen) atoms. The molecular weight excluding hydrogens is 192 g/mol. The number of terminal acetylenes is 1. The molecule has 1 atom stereocenters. The highest BCUT2D eigenvalue weighted by Gasteiger charge is 2.20. The predicted molar refractivity (Wildman–Crippen MR) is 72.0 cm³/mol. The summed E-state index contributed by atoms with van der Waals surface area (Å²) < 4.78 is 0. The topological polar surface area (TPSA) is 0 Å². The fourth-order valence-corrected chi connectivity index (χ4v) is 2.11. The molecule has 0 heteroatoms. The summed E-state index contributed by atoms with van der Waals surface area (Å²) in [5.74, 6) is 3.34. The molecule has 0 N–H and O–H groups in total. The zero-order valence-corrected chi connectivity index (χ0v) is 10.7. The van der Waals surface area contributed by atoms with Gasteiger partial charge in [-0.3, -0.25) is 0 Å². The fraction of sp³-hybridized carbons (Fsp3) is 0.500. The summed E-state index contributed by atoms with van der Waals surface area (Å²) >= 11 is 0. The van der Waals surface area contributed by atoms with Crippen LogP contribution in [0, 0.1) is 23.7 Å². The molecule has 0 radical (unpaired) electrons. The maximum atomic E-state index is 5.48. The van der Waals surface area contributed by atoms with Gasteiger partial charge in [-0.1, -0.05) is 56.7 Å². The molecule has 86 valence electrons. The van der Waals surface area contributed by atoms with Gasteiger partial charge in [-0.15, -0.1) is 12.3 Å². The Balaban J connectivity index is 2.77. The van der Waals surface area contributed by atoms with Gasteiger partial charge >= 0.3 is 0 Å². The molecular formula is C16H22. The molecule has 0 bridgehead atoms. The minimum Gasteiger partial charge on any atom is -0.120 e. The Morgan fingerprint density at radius 1 is 1.31 bits per heavy atom. The molecule has 0 amide bonds. The number of hydrogen-bond donors (Lipinski definition) is 0. The molecule has 0 spiro atoms. The van der Waals surface area contributed by atoms with Crippen molar-refractivity contribution in [2.24, 2.45) is 11.3 Å². The van der Waals surface area contributed by atoms with Gasteiger partial charge in [0.05, 0.1) is 0 Å². The van der Waals surface area contributed by atoms with Crippen molar-refractivity contribution < 1.29 is 0 Å². The van der Waals surface area contributed by atoms with Gasteiger partial charge in [0.15, 0.2) is 0 Å². The molecule has 0 heterocycles. The fourth-order valence-electron chi connectivity index (χ4n) is 2.11. The van der Waals surface area contributed by atoms with Crippen molar-refractivity contribution in [3.8, 4) is 12.3 Å². The number of allylic oxidation sites excluding steroid dienone is 6. The van der Waals surface area contributed by atoms with E-state index in [0.717, 1.165) is 19.3 Å². The van der Waals surface area contributed by atoms with Crippen molar-refractivity contribution in [2.75, 3.05) is 0 Å². The highest BCUT2D eigenvalue weighted by Crippen LogP contribution is 2.32. The van der Waals surface area contributed by atoms with Crippen LogP contribution in [0.15, 0.2) is 36.0 Å². The number of rotatable bonds is 3. The predicted octanol–water partition coefficient (Wildman–Crippen LogP) is 4.50.